The van der Waals surface area contributed by atoms with Gasteiger partial charge in [-0.3, -0.25) is 0 Å². The minimum atomic E-state index is -3.71. The second kappa shape index (κ2) is 7.42. The smallest absolute Gasteiger partial charge is 0.240 e. The first-order valence-corrected chi connectivity index (χ1v) is 11.0. The molecule has 140 valence electrons. The van der Waals surface area contributed by atoms with Gasteiger partial charge in [0.25, 0.3) is 0 Å². The zero-order valence-electron chi connectivity index (χ0n) is 14.5. The van der Waals surface area contributed by atoms with Gasteiger partial charge in [0.15, 0.2) is 0 Å². The SMILES string of the molecule is O=S(=O)(NC[C@H](c1cccs1)N1CCc2ccccc21)c1ccc(F)cc1. The Bertz CT molecular complexity index is 1020. The summed E-state index contributed by atoms with van der Waals surface area (Å²) in [6, 6.07) is 17.0. The van der Waals surface area contributed by atoms with Gasteiger partial charge in [0.2, 0.25) is 10.0 Å². The Morgan fingerprint density at radius 3 is 2.59 bits per heavy atom. The largest absolute Gasteiger partial charge is 0.362 e. The summed E-state index contributed by atoms with van der Waals surface area (Å²) in [6.07, 6.45) is 0.947. The highest BCUT2D eigenvalue weighted by Crippen LogP contribution is 2.36. The van der Waals surface area contributed by atoms with Crippen LogP contribution in [0.25, 0.3) is 0 Å². The quantitative estimate of drug-likeness (QED) is 0.679. The standard InChI is InChI=1S/C20H19FN2O2S2/c21-16-7-9-17(10-8-16)27(24,25)22-14-19(20-6-3-13-26-20)23-12-11-15-4-1-2-5-18(15)23/h1-10,13,19,22H,11-12,14H2/t19-/m1/s1. The lowest BCUT2D eigenvalue weighted by Gasteiger charge is -2.30. The van der Waals surface area contributed by atoms with Gasteiger partial charge in [-0.25, -0.2) is 17.5 Å². The Morgan fingerprint density at radius 1 is 1.07 bits per heavy atom. The fraction of sp³-hybridized carbons (Fsp3) is 0.200. The van der Waals surface area contributed by atoms with E-state index in [4.69, 9.17) is 0 Å². The fourth-order valence-corrected chi connectivity index (χ4v) is 5.30. The summed E-state index contributed by atoms with van der Waals surface area (Å²) >= 11 is 1.61. The monoisotopic (exact) mass is 402 g/mol. The highest BCUT2D eigenvalue weighted by molar-refractivity contribution is 7.89. The lowest BCUT2D eigenvalue weighted by Crippen LogP contribution is -2.37. The highest BCUT2D eigenvalue weighted by atomic mass is 32.2. The van der Waals surface area contributed by atoms with E-state index in [9.17, 15) is 12.8 Å². The number of fused-ring (bicyclic) bond motifs is 1. The minimum Gasteiger partial charge on any atom is -0.362 e. The van der Waals surface area contributed by atoms with Crippen molar-refractivity contribution in [2.24, 2.45) is 0 Å². The topological polar surface area (TPSA) is 49.4 Å². The number of hydrogen-bond donors (Lipinski definition) is 1. The number of sulfonamides is 1. The molecule has 1 atom stereocenters. The van der Waals surface area contributed by atoms with Gasteiger partial charge in [-0.2, -0.15) is 0 Å². The Morgan fingerprint density at radius 2 is 1.85 bits per heavy atom. The Hall–Kier alpha value is -2.22. The number of benzene rings is 2. The minimum absolute atomic E-state index is 0.0654. The van der Waals surface area contributed by atoms with Gasteiger partial charge < -0.3 is 4.90 Å². The van der Waals surface area contributed by atoms with Crippen molar-refractivity contribution in [1.29, 1.82) is 0 Å². The van der Waals surface area contributed by atoms with Gasteiger partial charge in [0.1, 0.15) is 5.82 Å². The van der Waals surface area contributed by atoms with Crippen molar-refractivity contribution in [2.45, 2.75) is 17.4 Å². The second-order valence-corrected chi connectivity index (χ2v) is 9.16. The molecule has 0 unspecified atom stereocenters. The van der Waals surface area contributed by atoms with Crippen molar-refractivity contribution in [2.75, 3.05) is 18.0 Å². The van der Waals surface area contributed by atoms with Crippen LogP contribution < -0.4 is 9.62 Å². The summed E-state index contributed by atoms with van der Waals surface area (Å²) in [5.74, 6) is -0.459. The summed E-state index contributed by atoms with van der Waals surface area (Å²) in [4.78, 5) is 3.43. The number of anilines is 1. The molecule has 0 spiro atoms. The van der Waals surface area contributed by atoms with Crippen LogP contribution in [0.2, 0.25) is 0 Å². The molecule has 0 fully saturated rings. The maximum absolute atomic E-state index is 13.1. The van der Waals surface area contributed by atoms with Crippen molar-refractivity contribution >= 4 is 27.0 Å². The molecule has 27 heavy (non-hydrogen) atoms. The van der Waals surface area contributed by atoms with Crippen LogP contribution in [0.4, 0.5) is 10.1 Å². The number of rotatable bonds is 6. The molecule has 4 nitrogen and oxygen atoms in total. The Kier molecular flexibility index (Phi) is 4.99. The summed E-state index contributed by atoms with van der Waals surface area (Å²) < 4.78 is 41.1. The van der Waals surface area contributed by atoms with E-state index in [0.29, 0.717) is 0 Å². The number of nitrogens with one attached hydrogen (secondary N) is 1. The molecule has 7 heteroatoms. The molecule has 1 aromatic heterocycles. The molecule has 2 aromatic carbocycles. The third-order valence-corrected chi connectivity index (χ3v) is 7.17. The molecule has 1 aliphatic heterocycles. The van der Waals surface area contributed by atoms with Gasteiger partial charge in [-0.05, 0) is 53.8 Å². The lowest BCUT2D eigenvalue weighted by molar-refractivity contribution is 0.564. The molecule has 0 radical (unpaired) electrons. The van der Waals surface area contributed by atoms with E-state index < -0.39 is 15.8 Å². The van der Waals surface area contributed by atoms with E-state index in [1.165, 1.54) is 17.7 Å². The normalized spacial score (nSPS) is 14.9. The van der Waals surface area contributed by atoms with Crippen LogP contribution in [0.1, 0.15) is 16.5 Å². The first-order valence-electron chi connectivity index (χ1n) is 8.68. The molecule has 0 aliphatic carbocycles. The third kappa shape index (κ3) is 3.76. The summed E-state index contributed by atoms with van der Waals surface area (Å²) in [5.41, 5.74) is 2.43. The summed E-state index contributed by atoms with van der Waals surface area (Å²) in [6.45, 7) is 1.09. The van der Waals surface area contributed by atoms with Gasteiger partial charge in [-0.15, -0.1) is 11.3 Å². The van der Waals surface area contributed by atoms with Gasteiger partial charge >= 0.3 is 0 Å². The van der Waals surface area contributed by atoms with E-state index >= 15 is 0 Å². The number of halogens is 1. The zero-order chi connectivity index (χ0) is 18.9. The Balaban J connectivity index is 1.59. The van der Waals surface area contributed by atoms with E-state index in [0.717, 1.165) is 35.7 Å². The second-order valence-electron chi connectivity index (χ2n) is 6.41. The molecular formula is C20H19FN2O2S2. The average molecular weight is 403 g/mol. The predicted molar refractivity (Wildman–Crippen MR) is 106 cm³/mol. The molecule has 0 bridgehead atoms. The molecule has 0 saturated carbocycles. The van der Waals surface area contributed by atoms with Crippen LogP contribution in [0, 0.1) is 5.82 Å². The zero-order valence-corrected chi connectivity index (χ0v) is 16.1. The molecular weight excluding hydrogens is 383 g/mol. The maximum atomic E-state index is 13.1. The van der Waals surface area contributed by atoms with Crippen LogP contribution in [0.5, 0.6) is 0 Å². The van der Waals surface area contributed by atoms with Crippen molar-refractivity contribution in [3.63, 3.8) is 0 Å². The van der Waals surface area contributed by atoms with Crippen molar-refractivity contribution in [1.82, 2.24) is 4.72 Å². The van der Waals surface area contributed by atoms with Crippen LogP contribution in [-0.4, -0.2) is 21.5 Å². The summed E-state index contributed by atoms with van der Waals surface area (Å²) in [7, 11) is -3.71. The van der Waals surface area contributed by atoms with Crippen LogP contribution in [0.15, 0.2) is 70.9 Å². The maximum Gasteiger partial charge on any atom is 0.240 e. The van der Waals surface area contributed by atoms with E-state index in [2.05, 4.69) is 21.8 Å². The predicted octanol–water partition coefficient (Wildman–Crippen LogP) is 3.97. The first-order chi connectivity index (χ1) is 13.0. The number of hydrogen-bond acceptors (Lipinski definition) is 4. The van der Waals surface area contributed by atoms with Crippen LogP contribution in [0.3, 0.4) is 0 Å². The van der Waals surface area contributed by atoms with E-state index in [1.807, 2.05) is 29.6 Å². The summed E-state index contributed by atoms with van der Waals surface area (Å²) in [5, 5.41) is 2.00. The molecule has 1 N–H and O–H groups in total. The van der Waals surface area contributed by atoms with Gasteiger partial charge in [0.05, 0.1) is 10.9 Å². The van der Waals surface area contributed by atoms with Crippen molar-refractivity contribution in [3.05, 3.63) is 82.3 Å². The average Bonchev–Trinajstić information content (AvgIpc) is 3.33. The van der Waals surface area contributed by atoms with Crippen LogP contribution in [-0.2, 0) is 16.4 Å². The lowest BCUT2D eigenvalue weighted by atomic mass is 10.1. The molecule has 2 heterocycles. The fourth-order valence-electron chi connectivity index (χ4n) is 3.42. The Labute approximate surface area is 162 Å². The molecule has 3 aromatic rings. The van der Waals surface area contributed by atoms with E-state index in [1.54, 1.807) is 11.3 Å². The molecule has 4 rings (SSSR count). The number of para-hydroxylation sites is 1. The van der Waals surface area contributed by atoms with Gasteiger partial charge in [-0.1, -0.05) is 24.3 Å². The number of nitrogens with zero attached hydrogens (tertiary/aromatic N) is 1. The number of thiophene rings is 1. The molecule has 1 aliphatic rings. The molecule has 0 saturated heterocycles. The molecule has 0 amide bonds. The van der Waals surface area contributed by atoms with Crippen molar-refractivity contribution in [3.8, 4) is 0 Å². The van der Waals surface area contributed by atoms with Crippen molar-refractivity contribution < 1.29 is 12.8 Å². The first kappa shape index (κ1) is 18.2. The highest BCUT2D eigenvalue weighted by Gasteiger charge is 2.29. The van der Waals surface area contributed by atoms with Gasteiger partial charge in [0, 0.05) is 23.7 Å². The van der Waals surface area contributed by atoms with E-state index in [-0.39, 0.29) is 17.5 Å². The third-order valence-electron chi connectivity index (χ3n) is 4.76. The van der Waals surface area contributed by atoms with Crippen LogP contribution >= 0.6 is 11.3 Å².